The van der Waals surface area contributed by atoms with Crippen LogP contribution >= 0.6 is 0 Å². The van der Waals surface area contributed by atoms with Gasteiger partial charge in [-0.1, -0.05) is 12.1 Å². The van der Waals surface area contributed by atoms with E-state index in [0.717, 1.165) is 13.1 Å². The fourth-order valence-corrected chi connectivity index (χ4v) is 2.62. The molecular formula is C17H26N4O2. The van der Waals surface area contributed by atoms with Crippen LogP contribution in [0.25, 0.3) is 0 Å². The lowest BCUT2D eigenvalue weighted by molar-refractivity contribution is -0.130. The smallest absolute Gasteiger partial charge is 0.315 e. The molecule has 126 valence electrons. The normalized spacial score (nSPS) is 14.8. The van der Waals surface area contributed by atoms with Crippen molar-refractivity contribution in [3.05, 3.63) is 29.8 Å². The molecule has 0 atom stereocenters. The van der Waals surface area contributed by atoms with Crippen LogP contribution < -0.4 is 15.5 Å². The summed E-state index contributed by atoms with van der Waals surface area (Å²) in [5.41, 5.74) is 2.44. The molecule has 1 aromatic carbocycles. The Morgan fingerprint density at radius 1 is 1.17 bits per heavy atom. The number of benzene rings is 1. The van der Waals surface area contributed by atoms with Gasteiger partial charge in [-0.05, 0) is 38.5 Å². The minimum Gasteiger partial charge on any atom is -0.368 e. The summed E-state index contributed by atoms with van der Waals surface area (Å²) in [4.78, 5) is 27.8. The van der Waals surface area contributed by atoms with E-state index in [0.29, 0.717) is 13.1 Å². The first-order valence-corrected chi connectivity index (χ1v) is 8.09. The molecule has 6 nitrogen and oxygen atoms in total. The molecule has 1 aromatic rings. The summed E-state index contributed by atoms with van der Waals surface area (Å²) in [7, 11) is 0. The molecule has 1 fully saturated rings. The van der Waals surface area contributed by atoms with E-state index in [1.54, 1.807) is 0 Å². The lowest BCUT2D eigenvalue weighted by Crippen LogP contribution is -2.52. The van der Waals surface area contributed by atoms with Gasteiger partial charge in [0.05, 0.1) is 6.54 Å². The van der Waals surface area contributed by atoms with Gasteiger partial charge in [-0.3, -0.25) is 4.79 Å². The van der Waals surface area contributed by atoms with Gasteiger partial charge in [0.25, 0.3) is 0 Å². The summed E-state index contributed by atoms with van der Waals surface area (Å²) in [6, 6.07) is 8.16. The second-order valence-corrected chi connectivity index (χ2v) is 6.19. The Bertz CT molecular complexity index is 551. The minimum atomic E-state index is -0.299. The summed E-state index contributed by atoms with van der Waals surface area (Å²) < 4.78 is 0. The number of carbonyl (C=O) groups is 2. The number of aryl methyl sites for hydroxylation is 1. The maximum absolute atomic E-state index is 12.2. The van der Waals surface area contributed by atoms with Gasteiger partial charge in [-0.2, -0.15) is 0 Å². The molecule has 6 heteroatoms. The average molecular weight is 318 g/mol. The lowest BCUT2D eigenvalue weighted by atomic mass is 10.2. The number of nitrogens with zero attached hydrogens (tertiary/aromatic N) is 2. The van der Waals surface area contributed by atoms with Crippen molar-refractivity contribution in [2.24, 2.45) is 0 Å². The third kappa shape index (κ3) is 5.16. The topological polar surface area (TPSA) is 64.7 Å². The molecular weight excluding hydrogens is 292 g/mol. The van der Waals surface area contributed by atoms with Crippen LogP contribution in [0.3, 0.4) is 0 Å². The molecule has 0 saturated carbocycles. The number of hydrogen-bond donors (Lipinski definition) is 2. The van der Waals surface area contributed by atoms with Crippen LogP contribution in [0.5, 0.6) is 0 Å². The Morgan fingerprint density at radius 3 is 2.48 bits per heavy atom. The number of nitrogens with one attached hydrogen (secondary N) is 2. The first-order chi connectivity index (χ1) is 11.0. The third-order valence-electron chi connectivity index (χ3n) is 3.82. The molecule has 0 aromatic heterocycles. The van der Waals surface area contributed by atoms with Crippen LogP contribution in [-0.2, 0) is 4.79 Å². The predicted molar refractivity (Wildman–Crippen MR) is 91.6 cm³/mol. The van der Waals surface area contributed by atoms with Crippen molar-refractivity contribution in [3.63, 3.8) is 0 Å². The molecule has 1 saturated heterocycles. The first kappa shape index (κ1) is 17.1. The van der Waals surface area contributed by atoms with Gasteiger partial charge in [-0.25, -0.2) is 4.79 Å². The van der Waals surface area contributed by atoms with Gasteiger partial charge in [0, 0.05) is 37.9 Å². The molecule has 0 radical (unpaired) electrons. The van der Waals surface area contributed by atoms with E-state index in [1.165, 1.54) is 11.3 Å². The van der Waals surface area contributed by atoms with Gasteiger partial charge < -0.3 is 20.4 Å². The Balaban J connectivity index is 1.77. The van der Waals surface area contributed by atoms with E-state index in [2.05, 4.69) is 46.7 Å². The highest BCUT2D eigenvalue weighted by molar-refractivity contribution is 5.84. The second kappa shape index (κ2) is 7.85. The van der Waals surface area contributed by atoms with E-state index in [4.69, 9.17) is 0 Å². The Labute approximate surface area is 137 Å². The lowest BCUT2D eigenvalue weighted by Gasteiger charge is -2.36. The number of carbonyl (C=O) groups excluding carboxylic acids is 2. The monoisotopic (exact) mass is 318 g/mol. The van der Waals surface area contributed by atoms with Crippen LogP contribution in [0.2, 0.25) is 0 Å². The Morgan fingerprint density at radius 2 is 1.87 bits per heavy atom. The number of urea groups is 1. The Hall–Kier alpha value is -2.24. The molecule has 1 heterocycles. The van der Waals surface area contributed by atoms with E-state index in [1.807, 2.05) is 18.7 Å². The molecule has 23 heavy (non-hydrogen) atoms. The van der Waals surface area contributed by atoms with Crippen LogP contribution in [0.15, 0.2) is 24.3 Å². The number of rotatable bonds is 4. The zero-order chi connectivity index (χ0) is 16.8. The summed E-state index contributed by atoms with van der Waals surface area (Å²) in [5, 5.41) is 5.31. The maximum atomic E-state index is 12.2. The van der Waals surface area contributed by atoms with E-state index < -0.39 is 0 Å². The van der Waals surface area contributed by atoms with Crippen LogP contribution in [0.4, 0.5) is 10.5 Å². The zero-order valence-corrected chi connectivity index (χ0v) is 14.1. The van der Waals surface area contributed by atoms with Gasteiger partial charge >= 0.3 is 6.03 Å². The highest BCUT2D eigenvalue weighted by Crippen LogP contribution is 2.17. The molecule has 0 aliphatic carbocycles. The first-order valence-electron chi connectivity index (χ1n) is 8.09. The maximum Gasteiger partial charge on any atom is 0.315 e. The van der Waals surface area contributed by atoms with E-state index in [9.17, 15) is 9.59 Å². The SMILES string of the molecule is Cc1cccc(N2CCN(C(=O)CNC(=O)NC(C)C)CC2)c1. The number of anilines is 1. The van der Waals surface area contributed by atoms with Crippen molar-refractivity contribution in [1.29, 1.82) is 0 Å². The number of hydrogen-bond acceptors (Lipinski definition) is 3. The van der Waals surface area contributed by atoms with Crippen molar-refractivity contribution < 1.29 is 9.59 Å². The molecule has 1 aliphatic rings. The van der Waals surface area contributed by atoms with Crippen molar-refractivity contribution in [2.45, 2.75) is 26.8 Å². The standard InChI is InChI=1S/C17H26N4O2/c1-13(2)19-17(23)18-12-16(22)21-9-7-20(8-10-21)15-6-4-5-14(3)11-15/h4-6,11,13H,7-10,12H2,1-3H3,(H2,18,19,23). The largest absolute Gasteiger partial charge is 0.368 e. The Kier molecular flexibility index (Phi) is 5.84. The van der Waals surface area contributed by atoms with Gasteiger partial charge in [0.1, 0.15) is 0 Å². The summed E-state index contributed by atoms with van der Waals surface area (Å²) in [6.07, 6.45) is 0. The van der Waals surface area contributed by atoms with Crippen molar-refractivity contribution in [2.75, 3.05) is 37.6 Å². The quantitative estimate of drug-likeness (QED) is 0.881. The van der Waals surface area contributed by atoms with Crippen molar-refractivity contribution >= 4 is 17.6 Å². The number of piperazine rings is 1. The van der Waals surface area contributed by atoms with Crippen molar-refractivity contribution in [1.82, 2.24) is 15.5 Å². The molecule has 3 amide bonds. The second-order valence-electron chi connectivity index (χ2n) is 6.19. The fraction of sp³-hybridized carbons (Fsp3) is 0.529. The molecule has 0 bridgehead atoms. The minimum absolute atomic E-state index is 0.0344. The summed E-state index contributed by atoms with van der Waals surface area (Å²) in [5.74, 6) is -0.0344. The zero-order valence-electron chi connectivity index (χ0n) is 14.1. The molecule has 2 rings (SSSR count). The van der Waals surface area contributed by atoms with E-state index >= 15 is 0 Å². The van der Waals surface area contributed by atoms with Crippen LogP contribution in [0.1, 0.15) is 19.4 Å². The van der Waals surface area contributed by atoms with Gasteiger partial charge in [0.15, 0.2) is 0 Å². The van der Waals surface area contributed by atoms with E-state index in [-0.39, 0.29) is 24.5 Å². The molecule has 0 spiro atoms. The highest BCUT2D eigenvalue weighted by atomic mass is 16.2. The highest BCUT2D eigenvalue weighted by Gasteiger charge is 2.21. The predicted octanol–water partition coefficient (Wildman–Crippen LogP) is 1.35. The van der Waals surface area contributed by atoms with Crippen LogP contribution in [0, 0.1) is 6.92 Å². The summed E-state index contributed by atoms with van der Waals surface area (Å²) >= 11 is 0. The van der Waals surface area contributed by atoms with Crippen molar-refractivity contribution in [3.8, 4) is 0 Å². The van der Waals surface area contributed by atoms with Gasteiger partial charge in [-0.15, -0.1) is 0 Å². The number of amides is 3. The van der Waals surface area contributed by atoms with Gasteiger partial charge in [0.2, 0.25) is 5.91 Å². The van der Waals surface area contributed by atoms with Crippen LogP contribution in [-0.4, -0.2) is 55.6 Å². The molecule has 1 aliphatic heterocycles. The summed E-state index contributed by atoms with van der Waals surface area (Å²) in [6.45, 7) is 8.87. The molecule has 2 N–H and O–H groups in total. The average Bonchev–Trinajstić information content (AvgIpc) is 2.52. The molecule has 0 unspecified atom stereocenters. The third-order valence-corrected chi connectivity index (χ3v) is 3.82. The fourth-order valence-electron chi connectivity index (χ4n) is 2.62.